The molecule has 0 unspecified atom stereocenters. The molecule has 0 aliphatic heterocycles. The summed E-state index contributed by atoms with van der Waals surface area (Å²) in [6, 6.07) is 43.3. The number of rotatable bonds is 3. The Morgan fingerprint density at radius 3 is 1.58 bits per heavy atom. The van der Waals surface area contributed by atoms with Gasteiger partial charge < -0.3 is 9.13 Å². The lowest BCUT2D eigenvalue weighted by atomic mass is 10.1. The Bertz CT molecular complexity index is 2060. The standard InChI is InChI=1S/C34H22N4/c1-4-10-31-26(7-1)27-8-2-5-11-32(27)38(31)25-17-18-34-29(21-25)28-9-3-6-12-33(28)37(34)24-15-13-23(14-16-24)30-19-20-35-22-36-30/h1-22H. The zero-order valence-electron chi connectivity index (χ0n) is 20.5. The van der Waals surface area contributed by atoms with E-state index in [1.165, 1.54) is 43.6 Å². The molecule has 0 saturated heterocycles. The normalized spacial score (nSPS) is 11.7. The van der Waals surface area contributed by atoms with Crippen molar-refractivity contribution in [2.45, 2.75) is 0 Å². The minimum Gasteiger partial charge on any atom is -0.309 e. The van der Waals surface area contributed by atoms with Crippen LogP contribution in [0.1, 0.15) is 0 Å². The predicted molar refractivity (Wildman–Crippen MR) is 156 cm³/mol. The van der Waals surface area contributed by atoms with Crippen LogP contribution in [0.4, 0.5) is 0 Å². The average Bonchev–Trinajstić information content (AvgIpc) is 3.50. The van der Waals surface area contributed by atoms with Gasteiger partial charge in [-0.2, -0.15) is 0 Å². The van der Waals surface area contributed by atoms with Gasteiger partial charge in [0.25, 0.3) is 0 Å². The Morgan fingerprint density at radius 2 is 0.974 bits per heavy atom. The largest absolute Gasteiger partial charge is 0.309 e. The molecule has 178 valence electrons. The van der Waals surface area contributed by atoms with Gasteiger partial charge in [0.05, 0.1) is 27.8 Å². The van der Waals surface area contributed by atoms with Gasteiger partial charge in [-0.3, -0.25) is 0 Å². The minimum atomic E-state index is 0.921. The summed E-state index contributed by atoms with van der Waals surface area (Å²) in [6.07, 6.45) is 3.36. The second-order valence-corrected chi connectivity index (χ2v) is 9.57. The van der Waals surface area contributed by atoms with Gasteiger partial charge >= 0.3 is 0 Å². The molecule has 4 nitrogen and oxygen atoms in total. The van der Waals surface area contributed by atoms with Crippen molar-refractivity contribution >= 4 is 43.6 Å². The maximum absolute atomic E-state index is 4.40. The molecule has 5 aromatic carbocycles. The highest BCUT2D eigenvalue weighted by Gasteiger charge is 2.16. The molecule has 8 rings (SSSR count). The van der Waals surface area contributed by atoms with E-state index in [0.717, 1.165) is 22.6 Å². The first-order valence-corrected chi connectivity index (χ1v) is 12.8. The fraction of sp³-hybridized carbons (Fsp3) is 0. The Hall–Kier alpha value is -5.22. The summed E-state index contributed by atoms with van der Waals surface area (Å²) in [5.41, 5.74) is 9.10. The van der Waals surface area contributed by atoms with Gasteiger partial charge in [-0.1, -0.05) is 66.7 Å². The van der Waals surface area contributed by atoms with E-state index in [4.69, 9.17) is 0 Å². The fourth-order valence-corrected chi connectivity index (χ4v) is 5.82. The molecule has 0 radical (unpaired) electrons. The molecule has 4 heteroatoms. The van der Waals surface area contributed by atoms with Crippen LogP contribution in [0, 0.1) is 0 Å². The lowest BCUT2D eigenvalue weighted by molar-refractivity contribution is 1.16. The van der Waals surface area contributed by atoms with Crippen LogP contribution in [0.25, 0.3) is 66.2 Å². The fourth-order valence-electron chi connectivity index (χ4n) is 5.82. The number of aromatic nitrogens is 4. The van der Waals surface area contributed by atoms with Crippen LogP contribution in [0.3, 0.4) is 0 Å². The summed E-state index contributed by atoms with van der Waals surface area (Å²) in [7, 11) is 0. The van der Waals surface area contributed by atoms with Crippen LogP contribution < -0.4 is 0 Å². The van der Waals surface area contributed by atoms with E-state index in [1.54, 1.807) is 12.5 Å². The lowest BCUT2D eigenvalue weighted by Crippen LogP contribution is -1.96. The average molecular weight is 487 g/mol. The van der Waals surface area contributed by atoms with E-state index in [1.807, 2.05) is 6.07 Å². The molecule has 0 N–H and O–H groups in total. The van der Waals surface area contributed by atoms with E-state index in [-0.39, 0.29) is 0 Å². The first-order valence-electron chi connectivity index (χ1n) is 12.8. The molecular formula is C34H22N4. The third kappa shape index (κ3) is 3.04. The summed E-state index contributed by atoms with van der Waals surface area (Å²) in [6.45, 7) is 0. The van der Waals surface area contributed by atoms with Crippen LogP contribution in [0.15, 0.2) is 134 Å². The summed E-state index contributed by atoms with van der Waals surface area (Å²) in [5, 5.41) is 5.02. The topological polar surface area (TPSA) is 35.6 Å². The first kappa shape index (κ1) is 20.9. The van der Waals surface area contributed by atoms with E-state index in [0.29, 0.717) is 0 Å². The van der Waals surface area contributed by atoms with Gasteiger partial charge in [0.2, 0.25) is 0 Å². The number of hydrogen-bond donors (Lipinski definition) is 0. The maximum atomic E-state index is 4.40. The van der Waals surface area contributed by atoms with Crippen LogP contribution in [0.2, 0.25) is 0 Å². The van der Waals surface area contributed by atoms with Crippen LogP contribution in [-0.2, 0) is 0 Å². The molecule has 0 spiro atoms. The second kappa shape index (κ2) is 8.15. The van der Waals surface area contributed by atoms with Crippen molar-refractivity contribution in [2.75, 3.05) is 0 Å². The molecule has 0 atom stereocenters. The highest BCUT2D eigenvalue weighted by atomic mass is 15.0. The van der Waals surface area contributed by atoms with E-state index < -0.39 is 0 Å². The molecular weight excluding hydrogens is 464 g/mol. The minimum absolute atomic E-state index is 0.921. The summed E-state index contributed by atoms with van der Waals surface area (Å²) < 4.78 is 4.73. The van der Waals surface area contributed by atoms with Gasteiger partial charge in [-0.15, -0.1) is 0 Å². The van der Waals surface area contributed by atoms with Crippen molar-refractivity contribution in [2.24, 2.45) is 0 Å². The Labute approximate surface area is 219 Å². The predicted octanol–water partition coefficient (Wildman–Crippen LogP) is 8.34. The molecule has 0 fully saturated rings. The molecule has 8 aromatic rings. The van der Waals surface area contributed by atoms with Crippen molar-refractivity contribution in [3.8, 4) is 22.6 Å². The number of para-hydroxylation sites is 3. The molecule has 3 heterocycles. The van der Waals surface area contributed by atoms with E-state index >= 15 is 0 Å². The van der Waals surface area contributed by atoms with Crippen LogP contribution >= 0.6 is 0 Å². The summed E-state index contributed by atoms with van der Waals surface area (Å²) in [4.78, 5) is 8.44. The zero-order chi connectivity index (χ0) is 25.1. The van der Waals surface area contributed by atoms with Gasteiger partial charge in [0, 0.05) is 44.7 Å². The van der Waals surface area contributed by atoms with Crippen molar-refractivity contribution < 1.29 is 0 Å². The van der Waals surface area contributed by atoms with E-state index in [9.17, 15) is 0 Å². The third-order valence-electron chi connectivity index (χ3n) is 7.50. The van der Waals surface area contributed by atoms with Crippen molar-refractivity contribution in [3.05, 3.63) is 134 Å². The quantitative estimate of drug-likeness (QED) is 0.252. The lowest BCUT2D eigenvalue weighted by Gasteiger charge is -2.11. The first-order chi connectivity index (χ1) is 18.9. The molecule has 3 aromatic heterocycles. The molecule has 0 aliphatic carbocycles. The number of hydrogen-bond acceptors (Lipinski definition) is 2. The molecule has 0 saturated carbocycles. The Morgan fingerprint density at radius 1 is 0.447 bits per heavy atom. The highest BCUT2D eigenvalue weighted by molar-refractivity contribution is 6.12. The molecule has 0 aliphatic rings. The second-order valence-electron chi connectivity index (χ2n) is 9.57. The van der Waals surface area contributed by atoms with Gasteiger partial charge in [0.15, 0.2) is 0 Å². The summed E-state index contributed by atoms with van der Waals surface area (Å²) in [5.74, 6) is 0. The number of nitrogens with zero attached hydrogens (tertiary/aromatic N) is 4. The Kier molecular flexibility index (Phi) is 4.49. The molecule has 0 amide bonds. The Balaban J connectivity index is 1.36. The summed E-state index contributed by atoms with van der Waals surface area (Å²) >= 11 is 0. The van der Waals surface area contributed by atoms with Crippen LogP contribution in [0.5, 0.6) is 0 Å². The van der Waals surface area contributed by atoms with Crippen molar-refractivity contribution in [1.29, 1.82) is 0 Å². The monoisotopic (exact) mass is 486 g/mol. The van der Waals surface area contributed by atoms with Gasteiger partial charge in [0.1, 0.15) is 6.33 Å². The molecule has 38 heavy (non-hydrogen) atoms. The van der Waals surface area contributed by atoms with Crippen molar-refractivity contribution in [3.63, 3.8) is 0 Å². The smallest absolute Gasteiger partial charge is 0.116 e. The number of benzene rings is 5. The number of fused-ring (bicyclic) bond motifs is 6. The third-order valence-corrected chi connectivity index (χ3v) is 7.50. The van der Waals surface area contributed by atoms with Gasteiger partial charge in [-0.25, -0.2) is 9.97 Å². The zero-order valence-corrected chi connectivity index (χ0v) is 20.5. The SMILES string of the molecule is c1ccc2c(c1)c1ccccc1n2-c1ccc2c(c1)c1ccccc1n2-c1ccc(-c2ccncn2)cc1. The van der Waals surface area contributed by atoms with Crippen LogP contribution in [-0.4, -0.2) is 19.1 Å². The van der Waals surface area contributed by atoms with Gasteiger partial charge in [-0.05, 0) is 54.6 Å². The highest BCUT2D eigenvalue weighted by Crippen LogP contribution is 2.36. The van der Waals surface area contributed by atoms with E-state index in [2.05, 4.69) is 134 Å². The van der Waals surface area contributed by atoms with Crippen molar-refractivity contribution in [1.82, 2.24) is 19.1 Å². The molecule has 0 bridgehead atoms. The maximum Gasteiger partial charge on any atom is 0.116 e.